The fourth-order valence-electron chi connectivity index (χ4n) is 3.77. The molecule has 3 aromatic rings. The van der Waals surface area contributed by atoms with Crippen molar-refractivity contribution in [2.24, 2.45) is 5.41 Å². The third-order valence-corrected chi connectivity index (χ3v) is 6.07. The maximum Gasteiger partial charge on any atom is -0.0132 e. The lowest BCUT2D eigenvalue weighted by Crippen LogP contribution is -2.11. The first-order valence-corrected chi connectivity index (χ1v) is 14.2. The Morgan fingerprint density at radius 1 is 0.622 bits per heavy atom. The molecule has 37 heavy (non-hydrogen) atoms. The minimum Gasteiger partial charge on any atom is -0.103 e. The van der Waals surface area contributed by atoms with Gasteiger partial charge in [0.05, 0.1) is 0 Å². The van der Waals surface area contributed by atoms with Crippen LogP contribution in [0.4, 0.5) is 0 Å². The Kier molecular flexibility index (Phi) is 15.1. The highest BCUT2D eigenvalue weighted by Crippen LogP contribution is 2.31. The molecule has 0 atom stereocenters. The molecule has 0 unspecified atom stereocenters. The van der Waals surface area contributed by atoms with Crippen molar-refractivity contribution >= 4 is 0 Å². The molecule has 3 rings (SSSR count). The van der Waals surface area contributed by atoms with Gasteiger partial charge in [-0.2, -0.15) is 0 Å². The van der Waals surface area contributed by atoms with Crippen LogP contribution >= 0.6 is 0 Å². The molecule has 0 fully saturated rings. The fraction of sp³-hybridized carbons (Fsp3) is 0.459. The summed E-state index contributed by atoms with van der Waals surface area (Å²) >= 11 is 0. The van der Waals surface area contributed by atoms with E-state index >= 15 is 0 Å². The van der Waals surface area contributed by atoms with E-state index in [4.69, 9.17) is 0 Å². The molecule has 0 aliphatic heterocycles. The maximum atomic E-state index is 3.63. The van der Waals surface area contributed by atoms with Crippen molar-refractivity contribution in [3.05, 3.63) is 107 Å². The molecule has 0 saturated heterocycles. The van der Waals surface area contributed by atoms with Crippen LogP contribution in [0.3, 0.4) is 0 Å². The smallest absolute Gasteiger partial charge is 0.0132 e. The molecular formula is C37H56. The Morgan fingerprint density at radius 3 is 1.49 bits per heavy atom. The van der Waals surface area contributed by atoms with Gasteiger partial charge in [-0.05, 0) is 83.4 Å². The first-order valence-electron chi connectivity index (χ1n) is 14.2. The Bertz CT molecular complexity index is 1070. The molecular weight excluding hydrogens is 444 g/mol. The standard InChI is InChI=1S/C27H32.C6H12.2C2H6/c1-19-8-7-9-22(16-19)10-11-23-12-14-25(20(2)17-23)26-15-13-24(18-21(26)3)27(4,5)6;1-5-6(2,3)4;2*1-2/h7-9,12-18H,10-11H2,1-6H3;5H,1H2,2-4H3;2*1-2H3. The monoisotopic (exact) mass is 500 g/mol. The van der Waals surface area contributed by atoms with Gasteiger partial charge in [-0.25, -0.2) is 0 Å². The molecule has 3 aromatic carbocycles. The number of rotatable bonds is 4. The van der Waals surface area contributed by atoms with Crippen molar-refractivity contribution < 1.29 is 0 Å². The third-order valence-electron chi connectivity index (χ3n) is 6.07. The van der Waals surface area contributed by atoms with Crippen LogP contribution in [0.2, 0.25) is 0 Å². The van der Waals surface area contributed by atoms with Crippen LogP contribution in [0, 0.1) is 26.2 Å². The molecule has 0 heterocycles. The van der Waals surface area contributed by atoms with Crippen molar-refractivity contribution in [3.63, 3.8) is 0 Å². The van der Waals surface area contributed by atoms with Gasteiger partial charge in [-0.15, -0.1) is 6.58 Å². The van der Waals surface area contributed by atoms with Crippen LogP contribution in [0.15, 0.2) is 73.3 Å². The highest BCUT2D eigenvalue weighted by atomic mass is 14.2. The minimum atomic E-state index is 0.192. The normalized spacial score (nSPS) is 10.6. The average Bonchev–Trinajstić information content (AvgIpc) is 2.85. The van der Waals surface area contributed by atoms with Crippen molar-refractivity contribution in [2.75, 3.05) is 0 Å². The molecule has 0 aromatic heterocycles. The van der Waals surface area contributed by atoms with Crippen LogP contribution in [0.1, 0.15) is 103 Å². The number of allylic oxidation sites excluding steroid dienone is 1. The lowest BCUT2D eigenvalue weighted by Gasteiger charge is -2.21. The summed E-state index contributed by atoms with van der Waals surface area (Å²) in [5.41, 5.74) is 11.5. The van der Waals surface area contributed by atoms with Crippen LogP contribution in [-0.4, -0.2) is 0 Å². The van der Waals surface area contributed by atoms with E-state index < -0.39 is 0 Å². The second kappa shape index (κ2) is 16.3. The van der Waals surface area contributed by atoms with E-state index in [-0.39, 0.29) is 5.41 Å². The minimum absolute atomic E-state index is 0.192. The summed E-state index contributed by atoms with van der Waals surface area (Å²) in [4.78, 5) is 0. The summed E-state index contributed by atoms with van der Waals surface area (Å²) in [7, 11) is 0. The van der Waals surface area contributed by atoms with E-state index in [1.807, 2.05) is 33.8 Å². The van der Waals surface area contributed by atoms with Gasteiger partial charge < -0.3 is 0 Å². The van der Waals surface area contributed by atoms with Gasteiger partial charge in [-0.3, -0.25) is 0 Å². The number of hydrogen-bond donors (Lipinski definition) is 0. The summed E-state index contributed by atoms with van der Waals surface area (Å²) in [6, 6.07) is 22.7. The van der Waals surface area contributed by atoms with E-state index in [1.165, 1.54) is 44.5 Å². The van der Waals surface area contributed by atoms with Gasteiger partial charge in [0, 0.05) is 0 Å². The third kappa shape index (κ3) is 12.5. The predicted molar refractivity (Wildman–Crippen MR) is 171 cm³/mol. The molecule has 0 spiro atoms. The second-order valence-electron chi connectivity index (χ2n) is 11.5. The van der Waals surface area contributed by atoms with E-state index in [0.29, 0.717) is 5.41 Å². The number of benzene rings is 3. The van der Waals surface area contributed by atoms with Gasteiger partial charge in [0.2, 0.25) is 0 Å². The molecule has 0 aliphatic rings. The molecule has 0 amide bonds. The Balaban J connectivity index is 0.00000112. The van der Waals surface area contributed by atoms with Crippen molar-refractivity contribution in [1.82, 2.24) is 0 Å². The molecule has 0 nitrogen and oxygen atoms in total. The molecule has 204 valence electrons. The predicted octanol–water partition coefficient (Wildman–Crippen LogP) is 11.6. The van der Waals surface area contributed by atoms with E-state index in [0.717, 1.165) is 12.8 Å². The molecule has 0 radical (unpaired) electrons. The van der Waals surface area contributed by atoms with Gasteiger partial charge in [0.1, 0.15) is 0 Å². The van der Waals surface area contributed by atoms with E-state index in [1.54, 1.807) is 0 Å². The fourth-order valence-corrected chi connectivity index (χ4v) is 3.77. The summed E-state index contributed by atoms with van der Waals surface area (Å²) in [6.45, 7) is 31.5. The summed E-state index contributed by atoms with van der Waals surface area (Å²) in [6.07, 6.45) is 4.12. The van der Waals surface area contributed by atoms with Gasteiger partial charge >= 0.3 is 0 Å². The summed E-state index contributed by atoms with van der Waals surface area (Å²) < 4.78 is 0. The number of hydrogen-bond acceptors (Lipinski definition) is 0. The Morgan fingerprint density at radius 2 is 1.08 bits per heavy atom. The second-order valence-corrected chi connectivity index (χ2v) is 11.5. The molecule has 0 N–H and O–H groups in total. The molecule has 0 aliphatic carbocycles. The lowest BCUT2D eigenvalue weighted by molar-refractivity contribution is 0.546. The van der Waals surface area contributed by atoms with Crippen LogP contribution in [-0.2, 0) is 18.3 Å². The van der Waals surface area contributed by atoms with Crippen molar-refractivity contribution in [2.45, 2.75) is 108 Å². The van der Waals surface area contributed by atoms with Crippen LogP contribution in [0.25, 0.3) is 11.1 Å². The highest BCUT2D eigenvalue weighted by molar-refractivity contribution is 5.71. The molecule has 0 heteroatoms. The van der Waals surface area contributed by atoms with Crippen molar-refractivity contribution in [3.8, 4) is 11.1 Å². The zero-order valence-electron chi connectivity index (χ0n) is 26.5. The largest absolute Gasteiger partial charge is 0.103 e. The van der Waals surface area contributed by atoms with Crippen LogP contribution < -0.4 is 0 Å². The quantitative estimate of drug-likeness (QED) is 0.312. The van der Waals surface area contributed by atoms with Gasteiger partial charge in [0.15, 0.2) is 0 Å². The van der Waals surface area contributed by atoms with Crippen LogP contribution in [0.5, 0.6) is 0 Å². The summed E-state index contributed by atoms with van der Waals surface area (Å²) in [5.74, 6) is 0. The maximum absolute atomic E-state index is 3.63. The number of aryl methyl sites for hydroxylation is 5. The summed E-state index contributed by atoms with van der Waals surface area (Å²) in [5, 5.41) is 0. The van der Waals surface area contributed by atoms with E-state index in [9.17, 15) is 0 Å². The first-order chi connectivity index (χ1) is 17.3. The Labute approximate surface area is 231 Å². The molecule has 0 bridgehead atoms. The van der Waals surface area contributed by atoms with Crippen molar-refractivity contribution in [1.29, 1.82) is 0 Å². The lowest BCUT2D eigenvalue weighted by atomic mass is 9.84. The van der Waals surface area contributed by atoms with Gasteiger partial charge in [0.25, 0.3) is 0 Å². The Hall–Kier alpha value is -2.60. The zero-order valence-corrected chi connectivity index (χ0v) is 26.5. The topological polar surface area (TPSA) is 0 Å². The van der Waals surface area contributed by atoms with E-state index in [2.05, 4.69) is 130 Å². The highest BCUT2D eigenvalue weighted by Gasteiger charge is 2.15. The van der Waals surface area contributed by atoms with Gasteiger partial charge in [-0.1, -0.05) is 142 Å². The zero-order chi connectivity index (χ0) is 28.8. The molecule has 0 saturated carbocycles. The first kappa shape index (κ1) is 34.4. The SMILES string of the molecule is C=CC(C)(C)C.CC.CC.Cc1cccc(CCc2ccc(-c3ccc(C(C)(C)C)cc3C)c(C)c2)c1. The average molecular weight is 501 g/mol.